The minimum atomic E-state index is -0.424. The fourth-order valence-corrected chi connectivity index (χ4v) is 4.57. The van der Waals surface area contributed by atoms with Crippen molar-refractivity contribution >= 4 is 29.3 Å². The summed E-state index contributed by atoms with van der Waals surface area (Å²) in [5.41, 5.74) is 5.99. The van der Waals surface area contributed by atoms with Crippen molar-refractivity contribution in [1.29, 1.82) is 0 Å². The van der Waals surface area contributed by atoms with Crippen LogP contribution in [0.2, 0.25) is 0 Å². The van der Waals surface area contributed by atoms with Crippen molar-refractivity contribution in [2.45, 2.75) is 55.7 Å². The van der Waals surface area contributed by atoms with Crippen LogP contribution in [0.3, 0.4) is 0 Å². The van der Waals surface area contributed by atoms with Gasteiger partial charge < -0.3 is 25.1 Å². The van der Waals surface area contributed by atoms with E-state index in [9.17, 15) is 9.59 Å². The molecule has 1 aliphatic heterocycles. The fraction of sp³-hybridized carbons (Fsp3) is 0.360. The molecule has 4 rings (SSSR count). The molecule has 9 nitrogen and oxygen atoms in total. The first-order valence-electron chi connectivity index (χ1n) is 11.6. The van der Waals surface area contributed by atoms with Crippen LogP contribution in [0.25, 0.3) is 0 Å². The molecule has 0 saturated carbocycles. The van der Waals surface area contributed by atoms with Crippen LogP contribution in [0.5, 0.6) is 11.5 Å². The molecule has 35 heavy (non-hydrogen) atoms. The molecule has 3 N–H and O–H groups in total. The predicted molar refractivity (Wildman–Crippen MR) is 133 cm³/mol. The van der Waals surface area contributed by atoms with E-state index in [1.807, 2.05) is 54.0 Å². The number of nitrogens with one attached hydrogen (secondary N) is 1. The normalized spacial score (nSPS) is 16.1. The number of benzene rings is 2. The number of aromatic nitrogens is 3. The summed E-state index contributed by atoms with van der Waals surface area (Å²) in [6, 6.07) is 16.7. The molecule has 2 amide bonds. The molecular weight excluding hydrogens is 466 g/mol. The first kappa shape index (κ1) is 24.7. The molecule has 2 unspecified atom stereocenters. The monoisotopic (exact) mass is 495 g/mol. The molecule has 2 atom stereocenters. The Labute approximate surface area is 208 Å². The average molecular weight is 496 g/mol. The van der Waals surface area contributed by atoms with Crippen LogP contribution in [0.4, 0.5) is 5.69 Å². The molecule has 1 aliphatic rings. The lowest BCUT2D eigenvalue weighted by atomic mass is 10.2. The summed E-state index contributed by atoms with van der Waals surface area (Å²) in [5, 5.41) is 11.7. The van der Waals surface area contributed by atoms with E-state index in [1.54, 1.807) is 12.1 Å². The Morgan fingerprint density at radius 3 is 2.60 bits per heavy atom. The van der Waals surface area contributed by atoms with E-state index in [0.29, 0.717) is 35.4 Å². The number of carbonyl (C=O) groups is 2. The van der Waals surface area contributed by atoms with E-state index in [0.717, 1.165) is 25.2 Å². The molecule has 3 aromatic rings. The van der Waals surface area contributed by atoms with Gasteiger partial charge in [-0.15, -0.1) is 10.2 Å². The number of thioether (sulfide) groups is 1. The van der Waals surface area contributed by atoms with Crippen LogP contribution >= 0.6 is 11.8 Å². The highest BCUT2D eigenvalue weighted by molar-refractivity contribution is 8.00. The van der Waals surface area contributed by atoms with Gasteiger partial charge in [0, 0.05) is 25.1 Å². The molecule has 0 bridgehead atoms. The van der Waals surface area contributed by atoms with Crippen molar-refractivity contribution in [3.63, 3.8) is 0 Å². The molecule has 0 radical (unpaired) electrons. The van der Waals surface area contributed by atoms with E-state index in [4.69, 9.17) is 15.2 Å². The van der Waals surface area contributed by atoms with E-state index < -0.39 is 5.25 Å². The van der Waals surface area contributed by atoms with Crippen molar-refractivity contribution < 1.29 is 19.1 Å². The zero-order valence-corrected chi connectivity index (χ0v) is 20.4. The highest BCUT2D eigenvalue weighted by Gasteiger charge is 2.24. The third kappa shape index (κ3) is 7.06. The number of aryl methyl sites for hydroxylation is 1. The Balaban J connectivity index is 1.37. The fourth-order valence-electron chi connectivity index (χ4n) is 3.69. The zero-order valence-electron chi connectivity index (χ0n) is 19.6. The second-order valence-corrected chi connectivity index (χ2v) is 9.61. The Hall–Kier alpha value is -3.37. The quantitative estimate of drug-likeness (QED) is 0.388. The number of hydrogen-bond acceptors (Lipinski definition) is 7. The molecule has 1 aromatic heterocycles. The largest absolute Gasteiger partial charge is 0.457 e. The molecule has 184 valence electrons. The maximum Gasteiger partial charge on any atom is 0.237 e. The van der Waals surface area contributed by atoms with Gasteiger partial charge in [-0.3, -0.25) is 9.59 Å². The van der Waals surface area contributed by atoms with Crippen LogP contribution < -0.4 is 15.8 Å². The lowest BCUT2D eigenvalue weighted by Gasteiger charge is -2.16. The zero-order chi connectivity index (χ0) is 24.6. The van der Waals surface area contributed by atoms with Crippen molar-refractivity contribution in [3.8, 4) is 11.5 Å². The molecule has 0 spiro atoms. The number of ether oxygens (including phenoxy) is 2. The number of carbonyl (C=O) groups excluding carboxylic acids is 2. The molecule has 2 heterocycles. The van der Waals surface area contributed by atoms with Gasteiger partial charge in [0.1, 0.15) is 17.3 Å². The highest BCUT2D eigenvalue weighted by Crippen LogP contribution is 2.27. The summed E-state index contributed by atoms with van der Waals surface area (Å²) in [6.45, 7) is 3.14. The van der Waals surface area contributed by atoms with Crippen molar-refractivity contribution in [1.82, 2.24) is 14.8 Å². The number of amides is 2. The number of para-hydroxylation sites is 1. The average Bonchev–Trinajstić information content (AvgIpc) is 3.50. The minimum absolute atomic E-state index is 0.0680. The lowest BCUT2D eigenvalue weighted by molar-refractivity contribution is -0.118. The predicted octanol–water partition coefficient (Wildman–Crippen LogP) is 3.79. The number of nitrogens with two attached hydrogens (primary N) is 1. The number of hydrogen-bond donors (Lipinski definition) is 2. The Bertz CT molecular complexity index is 1130. The van der Waals surface area contributed by atoms with Gasteiger partial charge in [-0.05, 0) is 56.2 Å². The topological polar surface area (TPSA) is 121 Å². The Kier molecular flexibility index (Phi) is 8.38. The first-order valence-corrected chi connectivity index (χ1v) is 12.5. The maximum absolute atomic E-state index is 12.9. The van der Waals surface area contributed by atoms with Crippen LogP contribution in [-0.4, -0.2) is 44.5 Å². The third-order valence-corrected chi connectivity index (χ3v) is 6.63. The maximum atomic E-state index is 12.9. The summed E-state index contributed by atoms with van der Waals surface area (Å²) in [6.07, 6.45) is 2.62. The number of anilines is 1. The van der Waals surface area contributed by atoms with Crippen LogP contribution in [0, 0.1) is 0 Å². The van der Waals surface area contributed by atoms with Crippen molar-refractivity contribution in [2.24, 2.45) is 5.73 Å². The molecule has 1 saturated heterocycles. The van der Waals surface area contributed by atoms with E-state index in [-0.39, 0.29) is 24.3 Å². The molecule has 10 heteroatoms. The summed E-state index contributed by atoms with van der Waals surface area (Å²) >= 11 is 1.32. The van der Waals surface area contributed by atoms with Gasteiger partial charge >= 0.3 is 0 Å². The second-order valence-electron chi connectivity index (χ2n) is 8.30. The standard InChI is InChI=1S/C25H29N5O4S/c1-17(24(32)27-18-9-11-20(12-10-18)34-19-6-3-2-4-7-19)35-25-29-28-23(14-13-22(26)31)30(25)16-21-8-5-15-33-21/h2-4,6-7,9-12,17,21H,5,8,13-16H2,1H3,(H2,26,31)(H,27,32). The second kappa shape index (κ2) is 11.9. The number of rotatable bonds is 11. The summed E-state index contributed by atoms with van der Waals surface area (Å²) in [5.74, 6) is 1.55. The van der Waals surface area contributed by atoms with Gasteiger partial charge in [-0.1, -0.05) is 30.0 Å². The van der Waals surface area contributed by atoms with Gasteiger partial charge in [0.2, 0.25) is 11.8 Å². The van der Waals surface area contributed by atoms with Crippen molar-refractivity contribution in [3.05, 3.63) is 60.4 Å². The van der Waals surface area contributed by atoms with E-state index >= 15 is 0 Å². The van der Waals surface area contributed by atoms with Crippen LogP contribution in [0.1, 0.15) is 32.0 Å². The number of nitrogens with zero attached hydrogens (tertiary/aromatic N) is 3. The molecule has 0 aliphatic carbocycles. The molecule has 2 aromatic carbocycles. The third-order valence-electron chi connectivity index (χ3n) is 5.55. The summed E-state index contributed by atoms with van der Waals surface area (Å²) < 4.78 is 13.5. The summed E-state index contributed by atoms with van der Waals surface area (Å²) in [4.78, 5) is 24.1. The number of primary amides is 1. The van der Waals surface area contributed by atoms with E-state index in [2.05, 4.69) is 15.5 Å². The molecule has 1 fully saturated rings. The SMILES string of the molecule is CC(Sc1nnc(CCC(N)=O)n1CC1CCCO1)C(=O)Nc1ccc(Oc2ccccc2)cc1. The van der Waals surface area contributed by atoms with Gasteiger partial charge in [0.15, 0.2) is 5.16 Å². The van der Waals surface area contributed by atoms with Crippen LogP contribution in [-0.2, 0) is 27.3 Å². The minimum Gasteiger partial charge on any atom is -0.457 e. The highest BCUT2D eigenvalue weighted by atomic mass is 32.2. The van der Waals surface area contributed by atoms with Gasteiger partial charge in [-0.2, -0.15) is 0 Å². The lowest BCUT2D eigenvalue weighted by Crippen LogP contribution is -2.24. The molecular formula is C25H29N5O4S. The van der Waals surface area contributed by atoms with Crippen molar-refractivity contribution in [2.75, 3.05) is 11.9 Å². The first-order chi connectivity index (χ1) is 17.0. The smallest absolute Gasteiger partial charge is 0.237 e. The van der Waals surface area contributed by atoms with E-state index in [1.165, 1.54) is 11.8 Å². The van der Waals surface area contributed by atoms with Crippen LogP contribution in [0.15, 0.2) is 59.8 Å². The Morgan fingerprint density at radius 1 is 1.17 bits per heavy atom. The Morgan fingerprint density at radius 2 is 1.91 bits per heavy atom. The van der Waals surface area contributed by atoms with Gasteiger partial charge in [0.05, 0.1) is 17.9 Å². The van der Waals surface area contributed by atoms with Gasteiger partial charge in [0.25, 0.3) is 0 Å². The summed E-state index contributed by atoms with van der Waals surface area (Å²) in [7, 11) is 0. The van der Waals surface area contributed by atoms with Gasteiger partial charge in [-0.25, -0.2) is 0 Å².